The Labute approximate surface area is 145 Å². The van der Waals surface area contributed by atoms with Crippen LogP contribution in [-0.4, -0.2) is 37.0 Å². The average molecular weight is 409 g/mol. The molecule has 1 aromatic rings. The highest BCUT2D eigenvalue weighted by Gasteiger charge is 2.35. The SMILES string of the molecule is CC1(C)OC[C@H](COP(=O)(OCCBr)OCc2ccccc2)O1. The van der Waals surface area contributed by atoms with Gasteiger partial charge in [-0.3, -0.25) is 13.6 Å². The minimum absolute atomic E-state index is 0.0811. The molecule has 1 unspecified atom stereocenters. The second-order valence-electron chi connectivity index (χ2n) is 5.47. The average Bonchev–Trinajstić information content (AvgIpc) is 2.90. The standard InChI is InChI=1S/C15H22BrO6P/c1-15(2)18-11-14(22-15)12-21-23(17,19-9-8-16)20-10-13-6-4-3-5-7-13/h3-7,14H,8-12H2,1-2H3/t14-,23?/m1/s1. The summed E-state index contributed by atoms with van der Waals surface area (Å²) >= 11 is 3.23. The van der Waals surface area contributed by atoms with Gasteiger partial charge in [-0.2, -0.15) is 0 Å². The molecule has 8 heteroatoms. The molecule has 0 bridgehead atoms. The number of ether oxygens (including phenoxy) is 2. The van der Waals surface area contributed by atoms with Gasteiger partial charge in [0.2, 0.25) is 0 Å². The number of alkyl halides is 1. The van der Waals surface area contributed by atoms with E-state index < -0.39 is 13.6 Å². The molecule has 0 saturated carbocycles. The molecule has 1 saturated heterocycles. The number of hydrogen-bond acceptors (Lipinski definition) is 6. The lowest BCUT2D eigenvalue weighted by atomic mass is 10.2. The smallest absolute Gasteiger partial charge is 0.348 e. The lowest BCUT2D eigenvalue weighted by Gasteiger charge is -2.20. The minimum Gasteiger partial charge on any atom is -0.348 e. The molecular weight excluding hydrogens is 387 g/mol. The molecule has 0 N–H and O–H groups in total. The fourth-order valence-electron chi connectivity index (χ4n) is 2.01. The molecule has 0 aromatic heterocycles. The number of rotatable bonds is 9. The van der Waals surface area contributed by atoms with Gasteiger partial charge in [-0.1, -0.05) is 46.3 Å². The topological polar surface area (TPSA) is 63.2 Å². The summed E-state index contributed by atoms with van der Waals surface area (Å²) in [4.78, 5) is 0. The molecule has 23 heavy (non-hydrogen) atoms. The van der Waals surface area contributed by atoms with Gasteiger partial charge in [0.1, 0.15) is 6.10 Å². The molecule has 0 radical (unpaired) electrons. The zero-order chi connectivity index (χ0) is 16.8. The van der Waals surface area contributed by atoms with Crippen molar-refractivity contribution in [1.82, 2.24) is 0 Å². The van der Waals surface area contributed by atoms with Gasteiger partial charge in [0.15, 0.2) is 5.79 Å². The summed E-state index contributed by atoms with van der Waals surface area (Å²) < 4.78 is 39.9. The first-order valence-electron chi connectivity index (χ1n) is 7.38. The van der Waals surface area contributed by atoms with Gasteiger partial charge in [0, 0.05) is 5.33 Å². The first kappa shape index (κ1) is 19.1. The maximum atomic E-state index is 12.7. The third-order valence-corrected chi connectivity index (χ3v) is 4.78. The van der Waals surface area contributed by atoms with Crippen LogP contribution in [0.15, 0.2) is 30.3 Å². The molecule has 2 atom stereocenters. The molecule has 0 spiro atoms. The molecule has 130 valence electrons. The van der Waals surface area contributed by atoms with Crippen molar-refractivity contribution in [3.8, 4) is 0 Å². The van der Waals surface area contributed by atoms with Crippen molar-refractivity contribution >= 4 is 23.8 Å². The molecule has 1 fully saturated rings. The molecule has 0 amide bonds. The normalized spacial score (nSPS) is 22.8. The Bertz CT molecular complexity index is 524. The van der Waals surface area contributed by atoms with E-state index in [4.69, 9.17) is 23.0 Å². The van der Waals surface area contributed by atoms with Crippen LogP contribution in [0.1, 0.15) is 19.4 Å². The van der Waals surface area contributed by atoms with E-state index in [2.05, 4.69) is 15.9 Å². The Balaban J connectivity index is 1.88. The highest BCUT2D eigenvalue weighted by atomic mass is 79.9. The second kappa shape index (κ2) is 8.72. The van der Waals surface area contributed by atoms with Crippen molar-refractivity contribution in [2.45, 2.75) is 32.3 Å². The molecule has 0 aliphatic carbocycles. The molecule has 1 heterocycles. The van der Waals surface area contributed by atoms with Gasteiger partial charge in [0.05, 0.1) is 26.4 Å². The zero-order valence-electron chi connectivity index (χ0n) is 13.3. The number of phosphoric ester groups is 1. The number of hydrogen-bond donors (Lipinski definition) is 0. The largest absolute Gasteiger partial charge is 0.475 e. The molecule has 1 aliphatic heterocycles. The fraction of sp³-hybridized carbons (Fsp3) is 0.600. The highest BCUT2D eigenvalue weighted by Crippen LogP contribution is 2.50. The summed E-state index contributed by atoms with van der Waals surface area (Å²) in [5.41, 5.74) is 0.889. The Kier molecular flexibility index (Phi) is 7.22. The van der Waals surface area contributed by atoms with Crippen LogP contribution in [0.25, 0.3) is 0 Å². The third-order valence-electron chi connectivity index (χ3n) is 3.04. The van der Waals surface area contributed by atoms with Crippen LogP contribution in [0, 0.1) is 0 Å². The van der Waals surface area contributed by atoms with E-state index in [1.54, 1.807) is 0 Å². The molecule has 1 aliphatic rings. The number of halogens is 1. The van der Waals surface area contributed by atoms with Crippen LogP contribution in [-0.2, 0) is 34.2 Å². The fourth-order valence-corrected chi connectivity index (χ4v) is 3.61. The van der Waals surface area contributed by atoms with Gasteiger partial charge in [0.25, 0.3) is 0 Å². The monoisotopic (exact) mass is 408 g/mol. The summed E-state index contributed by atoms with van der Waals surface area (Å²) in [5.74, 6) is -0.653. The predicted octanol–water partition coefficient (Wildman–Crippen LogP) is 3.89. The number of phosphoric acid groups is 1. The predicted molar refractivity (Wildman–Crippen MR) is 89.4 cm³/mol. The zero-order valence-corrected chi connectivity index (χ0v) is 15.8. The van der Waals surface area contributed by atoms with E-state index in [0.29, 0.717) is 11.9 Å². The quantitative estimate of drug-likeness (QED) is 0.456. The van der Waals surface area contributed by atoms with Gasteiger partial charge in [-0.05, 0) is 19.4 Å². The molecule has 1 aromatic carbocycles. The number of benzene rings is 1. The van der Waals surface area contributed by atoms with Crippen LogP contribution >= 0.6 is 23.8 Å². The lowest BCUT2D eigenvalue weighted by Crippen LogP contribution is -2.24. The summed E-state index contributed by atoms with van der Waals surface area (Å²) in [6.45, 7) is 4.47. The lowest BCUT2D eigenvalue weighted by molar-refractivity contribution is -0.142. The Morgan fingerprint density at radius 3 is 2.61 bits per heavy atom. The van der Waals surface area contributed by atoms with Gasteiger partial charge >= 0.3 is 7.82 Å². The van der Waals surface area contributed by atoms with E-state index in [1.165, 1.54) is 0 Å². The third kappa shape index (κ3) is 6.63. The van der Waals surface area contributed by atoms with E-state index in [9.17, 15) is 4.57 Å². The summed E-state index contributed by atoms with van der Waals surface area (Å²) in [7, 11) is -3.66. The van der Waals surface area contributed by atoms with E-state index in [-0.39, 0.29) is 25.9 Å². The summed E-state index contributed by atoms with van der Waals surface area (Å²) in [6, 6.07) is 9.43. The molecule has 2 rings (SSSR count). The van der Waals surface area contributed by atoms with Crippen LogP contribution < -0.4 is 0 Å². The second-order valence-corrected chi connectivity index (χ2v) is 7.94. The first-order chi connectivity index (χ1) is 10.9. The van der Waals surface area contributed by atoms with Crippen molar-refractivity contribution in [2.75, 3.05) is 25.2 Å². The molecule has 6 nitrogen and oxygen atoms in total. The molecular formula is C15H22BrO6P. The van der Waals surface area contributed by atoms with Crippen LogP contribution in [0.2, 0.25) is 0 Å². The highest BCUT2D eigenvalue weighted by molar-refractivity contribution is 9.09. The maximum absolute atomic E-state index is 12.7. The van der Waals surface area contributed by atoms with Crippen molar-refractivity contribution < 1.29 is 27.6 Å². The van der Waals surface area contributed by atoms with Gasteiger partial charge in [-0.15, -0.1) is 0 Å². The summed E-state index contributed by atoms with van der Waals surface area (Å²) in [6.07, 6.45) is -0.300. The van der Waals surface area contributed by atoms with E-state index in [1.807, 2.05) is 44.2 Å². The van der Waals surface area contributed by atoms with Crippen molar-refractivity contribution in [1.29, 1.82) is 0 Å². The van der Waals surface area contributed by atoms with Crippen molar-refractivity contribution in [2.24, 2.45) is 0 Å². The van der Waals surface area contributed by atoms with Crippen molar-refractivity contribution in [3.05, 3.63) is 35.9 Å². The van der Waals surface area contributed by atoms with Crippen LogP contribution in [0.4, 0.5) is 0 Å². The van der Waals surface area contributed by atoms with Crippen LogP contribution in [0.3, 0.4) is 0 Å². The Morgan fingerprint density at radius 2 is 2.00 bits per heavy atom. The van der Waals surface area contributed by atoms with Gasteiger partial charge < -0.3 is 9.47 Å². The minimum atomic E-state index is -3.66. The van der Waals surface area contributed by atoms with E-state index in [0.717, 1.165) is 5.56 Å². The van der Waals surface area contributed by atoms with Crippen LogP contribution in [0.5, 0.6) is 0 Å². The maximum Gasteiger partial charge on any atom is 0.475 e. The first-order valence-corrected chi connectivity index (χ1v) is 9.96. The summed E-state index contributed by atoms with van der Waals surface area (Å²) in [5, 5.41) is 0.533. The van der Waals surface area contributed by atoms with Gasteiger partial charge in [-0.25, -0.2) is 4.57 Å². The Hall–Kier alpha value is -0.270. The van der Waals surface area contributed by atoms with E-state index >= 15 is 0 Å². The van der Waals surface area contributed by atoms with Crippen molar-refractivity contribution in [3.63, 3.8) is 0 Å². The Morgan fingerprint density at radius 1 is 1.26 bits per heavy atom.